The van der Waals surface area contributed by atoms with E-state index in [2.05, 4.69) is 47.9 Å². The normalized spacial score (nSPS) is 13.4. The van der Waals surface area contributed by atoms with E-state index >= 15 is 0 Å². The number of alkyl halides is 2. The van der Waals surface area contributed by atoms with E-state index in [9.17, 15) is 19.2 Å². The van der Waals surface area contributed by atoms with E-state index in [0.29, 0.717) is 6.42 Å². The summed E-state index contributed by atoms with van der Waals surface area (Å²) >= 11 is 6.24. The molecule has 0 N–H and O–H groups in total. The molecule has 0 amide bonds. The third-order valence-corrected chi connectivity index (χ3v) is 4.05. The van der Waals surface area contributed by atoms with Crippen molar-refractivity contribution in [3.8, 4) is 0 Å². The number of carbonyl (C=O) groups is 4. The minimum Gasteiger partial charge on any atom is -0.469 e. The first-order valence-electron chi connectivity index (χ1n) is 9.83. The maximum absolute atomic E-state index is 11.6. The molecule has 0 heterocycles. The third-order valence-electron chi connectivity index (χ3n) is 2.93. The molecule has 0 fully saturated rings. The molecule has 10 heteroatoms. The number of halogens is 2. The molecule has 3 atom stereocenters. The van der Waals surface area contributed by atoms with Gasteiger partial charge in [0.2, 0.25) is 0 Å². The SMILES string of the molecule is C=CC(=O)OC(C)(C)C.COC(=O)C(C)Br.COC(=O)C(C)CC(Br)C(=O)OC(C)(C)C. The van der Waals surface area contributed by atoms with Crippen LogP contribution >= 0.6 is 31.9 Å². The highest BCUT2D eigenvalue weighted by Crippen LogP contribution is 2.19. The molecule has 0 aromatic carbocycles. The molecule has 0 aliphatic rings. The van der Waals surface area contributed by atoms with Crippen LogP contribution in [0.15, 0.2) is 12.7 Å². The van der Waals surface area contributed by atoms with Gasteiger partial charge >= 0.3 is 23.9 Å². The van der Waals surface area contributed by atoms with E-state index in [1.165, 1.54) is 14.2 Å². The number of hydrogen-bond donors (Lipinski definition) is 0. The molecule has 0 saturated heterocycles. The third kappa shape index (κ3) is 23.2. The molecule has 0 rings (SSSR count). The van der Waals surface area contributed by atoms with Gasteiger partial charge in [-0.15, -0.1) is 0 Å². The summed E-state index contributed by atoms with van der Waals surface area (Å²) in [6, 6.07) is 0. The topological polar surface area (TPSA) is 105 Å². The Hall–Kier alpha value is -1.42. The van der Waals surface area contributed by atoms with Crippen molar-refractivity contribution in [3.05, 3.63) is 12.7 Å². The zero-order valence-electron chi connectivity index (χ0n) is 20.7. The summed E-state index contributed by atoms with van der Waals surface area (Å²) in [4.78, 5) is 42.8. The van der Waals surface area contributed by atoms with Crippen LogP contribution in [0, 0.1) is 5.92 Å². The van der Waals surface area contributed by atoms with E-state index in [-0.39, 0.29) is 34.6 Å². The lowest BCUT2D eigenvalue weighted by atomic mass is 10.1. The summed E-state index contributed by atoms with van der Waals surface area (Å²) in [5.41, 5.74) is -0.914. The van der Waals surface area contributed by atoms with Crippen molar-refractivity contribution in [2.75, 3.05) is 14.2 Å². The fourth-order valence-electron chi connectivity index (χ4n) is 1.58. The number of methoxy groups -OCH3 is 2. The van der Waals surface area contributed by atoms with Gasteiger partial charge in [-0.05, 0) is 54.9 Å². The number of hydrogen-bond acceptors (Lipinski definition) is 8. The molecule has 0 aliphatic carbocycles. The van der Waals surface area contributed by atoms with Gasteiger partial charge in [0.1, 0.15) is 20.9 Å². The van der Waals surface area contributed by atoms with Crippen molar-refractivity contribution in [1.82, 2.24) is 0 Å². The summed E-state index contributed by atoms with van der Waals surface area (Å²) in [5, 5.41) is 0. The van der Waals surface area contributed by atoms with Crippen molar-refractivity contribution in [2.24, 2.45) is 5.92 Å². The summed E-state index contributed by atoms with van der Waals surface area (Å²) < 4.78 is 18.9. The van der Waals surface area contributed by atoms with Crippen LogP contribution in [0.25, 0.3) is 0 Å². The Morgan fingerprint density at radius 1 is 0.812 bits per heavy atom. The average Bonchev–Trinajstić information content (AvgIpc) is 2.64. The van der Waals surface area contributed by atoms with Crippen molar-refractivity contribution in [1.29, 1.82) is 0 Å². The first-order valence-corrected chi connectivity index (χ1v) is 11.7. The van der Waals surface area contributed by atoms with E-state index in [4.69, 9.17) is 9.47 Å². The highest BCUT2D eigenvalue weighted by molar-refractivity contribution is 9.10. The summed E-state index contributed by atoms with van der Waals surface area (Å²) in [6.07, 6.45) is 1.52. The van der Waals surface area contributed by atoms with Crippen molar-refractivity contribution in [2.45, 2.75) is 82.7 Å². The highest BCUT2D eigenvalue weighted by Gasteiger charge is 2.27. The van der Waals surface area contributed by atoms with Gasteiger partial charge in [-0.2, -0.15) is 0 Å². The number of ether oxygens (including phenoxy) is 4. The lowest BCUT2D eigenvalue weighted by Gasteiger charge is -2.22. The van der Waals surface area contributed by atoms with Gasteiger partial charge in [-0.25, -0.2) is 4.79 Å². The van der Waals surface area contributed by atoms with Gasteiger partial charge in [-0.3, -0.25) is 14.4 Å². The largest absolute Gasteiger partial charge is 0.469 e. The summed E-state index contributed by atoms with van der Waals surface area (Å²) in [7, 11) is 2.69. The quantitative estimate of drug-likeness (QED) is 0.189. The van der Waals surface area contributed by atoms with Crippen LogP contribution in [-0.4, -0.2) is 59.0 Å². The van der Waals surface area contributed by atoms with Gasteiger partial charge in [0.15, 0.2) is 0 Å². The van der Waals surface area contributed by atoms with Crippen molar-refractivity contribution >= 4 is 55.7 Å². The van der Waals surface area contributed by atoms with Gasteiger partial charge in [0.25, 0.3) is 0 Å². The Bertz CT molecular complexity index is 604. The van der Waals surface area contributed by atoms with Gasteiger partial charge in [0.05, 0.1) is 20.1 Å². The second kappa shape index (κ2) is 17.1. The molecule has 188 valence electrons. The van der Waals surface area contributed by atoms with E-state index in [1.54, 1.807) is 34.6 Å². The Labute approximate surface area is 209 Å². The maximum atomic E-state index is 11.6. The van der Waals surface area contributed by atoms with Crippen molar-refractivity contribution in [3.63, 3.8) is 0 Å². The minimum absolute atomic E-state index is 0.183. The second-order valence-electron chi connectivity index (χ2n) is 8.54. The predicted molar refractivity (Wildman–Crippen MR) is 131 cm³/mol. The van der Waals surface area contributed by atoms with Crippen LogP contribution in [0.1, 0.15) is 61.8 Å². The maximum Gasteiger partial charge on any atom is 0.330 e. The first kappa shape index (κ1) is 35.2. The fourth-order valence-corrected chi connectivity index (χ4v) is 2.42. The molecule has 0 bridgehead atoms. The smallest absolute Gasteiger partial charge is 0.330 e. The lowest BCUT2D eigenvalue weighted by molar-refractivity contribution is -0.155. The zero-order chi connectivity index (χ0) is 26.3. The number of carbonyl (C=O) groups excluding carboxylic acids is 4. The van der Waals surface area contributed by atoms with Crippen LogP contribution in [-0.2, 0) is 38.1 Å². The van der Waals surface area contributed by atoms with Crippen molar-refractivity contribution < 1.29 is 38.1 Å². The molecule has 8 nitrogen and oxygen atoms in total. The Kier molecular flexibility index (Phi) is 18.8. The summed E-state index contributed by atoms with van der Waals surface area (Å²) in [6.45, 7) is 17.5. The lowest BCUT2D eigenvalue weighted by Crippen LogP contribution is -2.31. The highest BCUT2D eigenvalue weighted by atomic mass is 79.9. The Morgan fingerprint density at radius 2 is 1.22 bits per heavy atom. The van der Waals surface area contributed by atoms with Gasteiger partial charge in [0, 0.05) is 6.08 Å². The fraction of sp³-hybridized carbons (Fsp3) is 0.727. The van der Waals surface area contributed by atoms with Crippen LogP contribution in [0.5, 0.6) is 0 Å². The number of rotatable bonds is 6. The van der Waals surface area contributed by atoms with Crippen LogP contribution < -0.4 is 0 Å². The zero-order valence-corrected chi connectivity index (χ0v) is 23.9. The van der Waals surface area contributed by atoms with Gasteiger partial charge < -0.3 is 18.9 Å². The molecule has 0 saturated carbocycles. The van der Waals surface area contributed by atoms with Crippen LogP contribution in [0.4, 0.5) is 0 Å². The second-order valence-corrected chi connectivity index (χ2v) is 11.0. The summed E-state index contributed by atoms with van der Waals surface area (Å²) in [5.74, 6) is -1.62. The monoisotopic (exact) mass is 588 g/mol. The molecule has 0 aromatic heterocycles. The predicted octanol–water partition coefficient (Wildman–Crippen LogP) is 4.75. The molecule has 0 spiro atoms. The molecule has 0 radical (unpaired) electrons. The van der Waals surface area contributed by atoms with Gasteiger partial charge in [-0.1, -0.05) is 45.4 Å². The standard InChI is InChI=1S/C11H19BrO4.C7H12O2.C4H7BrO2/c1-7(9(13)15-5)6-8(12)10(14)16-11(2,3)4;1-5-6(8)9-7(2,3)4;1-3(5)4(6)7-2/h7-8H,6H2,1-5H3;5H,1H2,2-4H3;3H,1-2H3. The Morgan fingerprint density at radius 3 is 1.44 bits per heavy atom. The number of esters is 4. The molecular weight excluding hydrogens is 552 g/mol. The minimum atomic E-state index is -0.516. The molecule has 0 aromatic rings. The molecule has 32 heavy (non-hydrogen) atoms. The van der Waals surface area contributed by atoms with Crippen LogP contribution in [0.2, 0.25) is 0 Å². The molecule has 0 aliphatic heterocycles. The van der Waals surface area contributed by atoms with E-state index in [1.807, 2.05) is 20.8 Å². The van der Waals surface area contributed by atoms with E-state index < -0.39 is 16.0 Å². The van der Waals surface area contributed by atoms with E-state index in [0.717, 1.165) is 6.08 Å². The van der Waals surface area contributed by atoms with Crippen LogP contribution in [0.3, 0.4) is 0 Å². The Balaban J connectivity index is -0.000000442. The molecular formula is C22H38Br2O8. The first-order chi connectivity index (χ1) is 14.3. The molecule has 3 unspecified atom stereocenters. The average molecular weight is 590 g/mol.